The Morgan fingerprint density at radius 2 is 1.56 bits per heavy atom. The smallest absolute Gasteiger partial charge is 0.112 e. The summed E-state index contributed by atoms with van der Waals surface area (Å²) >= 11 is 0. The van der Waals surface area contributed by atoms with Crippen LogP contribution < -0.4 is 0 Å². The summed E-state index contributed by atoms with van der Waals surface area (Å²) in [6.45, 7) is 3.45. The first-order valence-corrected chi connectivity index (χ1v) is 10.9. The zero-order valence-corrected chi connectivity index (χ0v) is 16.2. The number of para-hydroxylation sites is 2. The van der Waals surface area contributed by atoms with E-state index >= 15 is 0 Å². The van der Waals surface area contributed by atoms with Gasteiger partial charge in [0.2, 0.25) is 0 Å². The number of nitrogens with zero attached hydrogens (tertiary/aromatic N) is 2. The molecule has 0 amide bonds. The normalized spacial score (nSPS) is 15.9. The minimum Gasteiger partial charge on any atom is -0.328 e. The van der Waals surface area contributed by atoms with E-state index in [0.29, 0.717) is 5.92 Å². The van der Waals surface area contributed by atoms with E-state index in [1.165, 1.54) is 100 Å². The summed E-state index contributed by atoms with van der Waals surface area (Å²) in [5.74, 6) is 2.07. The van der Waals surface area contributed by atoms with Crippen molar-refractivity contribution in [1.82, 2.24) is 9.55 Å². The number of benzene rings is 1. The summed E-state index contributed by atoms with van der Waals surface area (Å²) in [7, 11) is 0. The lowest BCUT2D eigenvalue weighted by atomic mass is 9.88. The highest BCUT2D eigenvalue weighted by atomic mass is 15.1. The van der Waals surface area contributed by atoms with Gasteiger partial charge in [0.1, 0.15) is 5.82 Å². The quantitative estimate of drug-likeness (QED) is 0.417. The van der Waals surface area contributed by atoms with E-state index in [2.05, 4.69) is 35.8 Å². The maximum atomic E-state index is 5.05. The predicted molar refractivity (Wildman–Crippen MR) is 108 cm³/mol. The molecule has 0 unspecified atom stereocenters. The third-order valence-electron chi connectivity index (χ3n) is 5.89. The summed E-state index contributed by atoms with van der Waals surface area (Å²) in [4.78, 5) is 5.05. The van der Waals surface area contributed by atoms with Crippen LogP contribution in [0.4, 0.5) is 0 Å². The van der Waals surface area contributed by atoms with Gasteiger partial charge in [-0.05, 0) is 31.4 Å². The fourth-order valence-electron chi connectivity index (χ4n) is 4.41. The summed E-state index contributed by atoms with van der Waals surface area (Å²) in [6.07, 6.45) is 17.9. The Bertz CT molecular complexity index is 622. The second-order valence-electron chi connectivity index (χ2n) is 7.92. The maximum Gasteiger partial charge on any atom is 0.112 e. The number of aromatic nitrogens is 2. The monoisotopic (exact) mass is 340 g/mol. The van der Waals surface area contributed by atoms with Gasteiger partial charge in [0.25, 0.3) is 0 Å². The minimum atomic E-state index is 0.690. The van der Waals surface area contributed by atoms with E-state index in [-0.39, 0.29) is 0 Å². The fourth-order valence-corrected chi connectivity index (χ4v) is 4.41. The van der Waals surface area contributed by atoms with Crippen LogP contribution >= 0.6 is 0 Å². The molecule has 0 aliphatic heterocycles. The van der Waals surface area contributed by atoms with Gasteiger partial charge in [0.15, 0.2) is 0 Å². The molecule has 2 aromatic rings. The first-order chi connectivity index (χ1) is 12.4. The van der Waals surface area contributed by atoms with Crippen molar-refractivity contribution >= 4 is 11.0 Å². The van der Waals surface area contributed by atoms with Gasteiger partial charge in [-0.1, -0.05) is 83.3 Å². The number of aryl methyl sites for hydroxylation is 1. The molecule has 0 N–H and O–H groups in total. The van der Waals surface area contributed by atoms with E-state index in [1.54, 1.807) is 0 Å². The molecular formula is C23H36N2. The van der Waals surface area contributed by atoms with E-state index in [1.807, 2.05) is 0 Å². The lowest BCUT2D eigenvalue weighted by Crippen LogP contribution is -2.12. The molecule has 0 saturated heterocycles. The van der Waals surface area contributed by atoms with E-state index in [4.69, 9.17) is 4.98 Å². The van der Waals surface area contributed by atoms with Crippen molar-refractivity contribution in [2.45, 2.75) is 103 Å². The van der Waals surface area contributed by atoms with Gasteiger partial charge in [0, 0.05) is 12.5 Å². The topological polar surface area (TPSA) is 17.8 Å². The van der Waals surface area contributed by atoms with Crippen LogP contribution in [-0.4, -0.2) is 9.55 Å². The largest absolute Gasteiger partial charge is 0.328 e. The molecule has 1 fully saturated rings. The maximum absolute atomic E-state index is 5.05. The Balaban J connectivity index is 1.57. The molecule has 3 rings (SSSR count). The Morgan fingerprint density at radius 3 is 2.32 bits per heavy atom. The summed E-state index contributed by atoms with van der Waals surface area (Å²) in [5, 5.41) is 0. The SMILES string of the molecule is CCCCCCCCCCn1c(C2CCCCC2)nc2ccccc21. The Kier molecular flexibility index (Phi) is 7.38. The van der Waals surface area contributed by atoms with Crippen LogP contribution in [0, 0.1) is 0 Å². The highest BCUT2D eigenvalue weighted by molar-refractivity contribution is 5.76. The molecule has 2 heteroatoms. The predicted octanol–water partition coefficient (Wildman–Crippen LogP) is 7.22. The number of hydrogen-bond acceptors (Lipinski definition) is 1. The highest BCUT2D eigenvalue weighted by Crippen LogP contribution is 2.34. The zero-order valence-electron chi connectivity index (χ0n) is 16.2. The minimum absolute atomic E-state index is 0.690. The van der Waals surface area contributed by atoms with Crippen LogP contribution in [-0.2, 0) is 6.54 Å². The van der Waals surface area contributed by atoms with Gasteiger partial charge in [-0.15, -0.1) is 0 Å². The molecule has 138 valence electrons. The molecule has 0 spiro atoms. The standard InChI is InChI=1S/C23H36N2/c1-2-3-4-5-6-7-8-14-19-25-22-18-13-12-17-21(22)24-23(25)20-15-10-9-11-16-20/h12-13,17-18,20H,2-11,14-16,19H2,1H3. The second kappa shape index (κ2) is 9.99. The van der Waals surface area contributed by atoms with Crippen molar-refractivity contribution in [2.75, 3.05) is 0 Å². The van der Waals surface area contributed by atoms with Crippen LogP contribution in [0.25, 0.3) is 11.0 Å². The summed E-state index contributed by atoms with van der Waals surface area (Å²) in [6, 6.07) is 8.74. The van der Waals surface area contributed by atoms with Crippen molar-refractivity contribution in [3.63, 3.8) is 0 Å². The average Bonchev–Trinajstić information content (AvgIpc) is 3.03. The molecule has 0 atom stereocenters. The second-order valence-corrected chi connectivity index (χ2v) is 7.92. The average molecular weight is 341 g/mol. The van der Waals surface area contributed by atoms with Crippen molar-refractivity contribution in [2.24, 2.45) is 0 Å². The molecule has 1 heterocycles. The zero-order chi connectivity index (χ0) is 17.3. The number of unbranched alkanes of at least 4 members (excludes halogenated alkanes) is 7. The molecule has 1 aromatic heterocycles. The number of rotatable bonds is 10. The lowest BCUT2D eigenvalue weighted by Gasteiger charge is -2.22. The van der Waals surface area contributed by atoms with Gasteiger partial charge in [0.05, 0.1) is 11.0 Å². The van der Waals surface area contributed by atoms with Gasteiger partial charge in [-0.25, -0.2) is 4.98 Å². The molecule has 25 heavy (non-hydrogen) atoms. The third-order valence-corrected chi connectivity index (χ3v) is 5.89. The fraction of sp³-hybridized carbons (Fsp3) is 0.696. The molecule has 1 aliphatic carbocycles. The van der Waals surface area contributed by atoms with Crippen molar-refractivity contribution in [1.29, 1.82) is 0 Å². The van der Waals surface area contributed by atoms with Gasteiger partial charge in [-0.2, -0.15) is 0 Å². The summed E-state index contributed by atoms with van der Waals surface area (Å²) in [5.41, 5.74) is 2.55. The Labute approximate surface area is 154 Å². The third kappa shape index (κ3) is 5.09. The van der Waals surface area contributed by atoms with Crippen LogP contribution in [0.1, 0.15) is 102 Å². The molecule has 0 bridgehead atoms. The van der Waals surface area contributed by atoms with Crippen molar-refractivity contribution in [3.8, 4) is 0 Å². The molecule has 1 aliphatic rings. The molecular weight excluding hydrogens is 304 g/mol. The van der Waals surface area contributed by atoms with E-state index in [9.17, 15) is 0 Å². The first-order valence-electron chi connectivity index (χ1n) is 10.9. The van der Waals surface area contributed by atoms with Crippen LogP contribution in [0.5, 0.6) is 0 Å². The number of hydrogen-bond donors (Lipinski definition) is 0. The van der Waals surface area contributed by atoms with Gasteiger partial charge < -0.3 is 4.57 Å². The number of imidazole rings is 1. The van der Waals surface area contributed by atoms with Gasteiger partial charge >= 0.3 is 0 Å². The van der Waals surface area contributed by atoms with Crippen molar-refractivity contribution < 1.29 is 0 Å². The molecule has 1 saturated carbocycles. The lowest BCUT2D eigenvalue weighted by molar-refractivity contribution is 0.413. The highest BCUT2D eigenvalue weighted by Gasteiger charge is 2.22. The van der Waals surface area contributed by atoms with Crippen LogP contribution in [0.15, 0.2) is 24.3 Å². The van der Waals surface area contributed by atoms with Crippen LogP contribution in [0.3, 0.4) is 0 Å². The van der Waals surface area contributed by atoms with Crippen LogP contribution in [0.2, 0.25) is 0 Å². The van der Waals surface area contributed by atoms with E-state index < -0.39 is 0 Å². The number of fused-ring (bicyclic) bond motifs is 1. The van der Waals surface area contributed by atoms with E-state index in [0.717, 1.165) is 6.54 Å². The molecule has 2 nitrogen and oxygen atoms in total. The Morgan fingerprint density at radius 1 is 0.880 bits per heavy atom. The first kappa shape index (κ1) is 18.5. The Hall–Kier alpha value is -1.31. The molecule has 0 radical (unpaired) electrons. The summed E-state index contributed by atoms with van der Waals surface area (Å²) < 4.78 is 2.56. The molecule has 1 aromatic carbocycles. The van der Waals surface area contributed by atoms with Crippen molar-refractivity contribution in [3.05, 3.63) is 30.1 Å². The van der Waals surface area contributed by atoms with Gasteiger partial charge in [-0.3, -0.25) is 0 Å².